The number of carbonyl (C=O) groups is 1. The molecule has 1 aliphatic heterocycles. The zero-order valence-corrected chi connectivity index (χ0v) is 9.21. The number of aliphatic hydroxyl groups is 1. The van der Waals surface area contributed by atoms with Crippen molar-refractivity contribution in [2.75, 3.05) is 6.61 Å². The Hall–Kier alpha value is -2.01. The van der Waals surface area contributed by atoms with Crippen molar-refractivity contribution >= 4 is 12.0 Å². The molecule has 17 heavy (non-hydrogen) atoms. The van der Waals surface area contributed by atoms with Crippen molar-refractivity contribution in [3.05, 3.63) is 29.8 Å². The quantitative estimate of drug-likeness (QED) is 0.773. The van der Waals surface area contributed by atoms with Crippen LogP contribution in [0.15, 0.2) is 24.3 Å². The van der Waals surface area contributed by atoms with E-state index in [-0.39, 0.29) is 5.75 Å². The van der Waals surface area contributed by atoms with E-state index >= 15 is 0 Å². The van der Waals surface area contributed by atoms with Crippen LogP contribution < -0.4 is 9.47 Å². The Labute approximate surface area is 97.9 Å². The number of carboxylic acid groups (broad SMARTS) is 1. The van der Waals surface area contributed by atoms with E-state index in [1.807, 2.05) is 12.2 Å². The number of rotatable bonds is 3. The lowest BCUT2D eigenvalue weighted by Gasteiger charge is -2.21. The number of benzene rings is 1. The Bertz CT molecular complexity index is 476. The monoisotopic (exact) mass is 236 g/mol. The molecule has 0 saturated heterocycles. The van der Waals surface area contributed by atoms with Crippen LogP contribution in [0.5, 0.6) is 11.5 Å². The highest BCUT2D eigenvalue weighted by atomic mass is 16.6. The number of fused-ring (bicyclic) bond motifs is 1. The van der Waals surface area contributed by atoms with Gasteiger partial charge in [-0.25, -0.2) is 4.79 Å². The maximum Gasteiger partial charge on any atom is 0.376 e. The molecule has 0 saturated carbocycles. The first-order chi connectivity index (χ1) is 7.99. The van der Waals surface area contributed by atoms with Crippen molar-refractivity contribution < 1.29 is 24.5 Å². The average molecular weight is 236 g/mol. The maximum absolute atomic E-state index is 10.7. The summed E-state index contributed by atoms with van der Waals surface area (Å²) in [5.74, 6) is -2.85. The molecule has 0 unspecified atom stereocenters. The number of aliphatic carboxylic acids is 1. The van der Waals surface area contributed by atoms with E-state index in [9.17, 15) is 9.90 Å². The average Bonchev–Trinajstić information content (AvgIpc) is 2.28. The van der Waals surface area contributed by atoms with Gasteiger partial charge in [-0.15, -0.1) is 0 Å². The van der Waals surface area contributed by atoms with Gasteiger partial charge in [0.15, 0.2) is 0 Å². The van der Waals surface area contributed by atoms with Gasteiger partial charge in [0.2, 0.25) is 0 Å². The van der Waals surface area contributed by atoms with Crippen molar-refractivity contribution in [1.29, 1.82) is 0 Å². The lowest BCUT2D eigenvalue weighted by Crippen LogP contribution is -2.41. The molecule has 1 heterocycles. The molecule has 2 N–H and O–H groups in total. The fourth-order valence-electron chi connectivity index (χ4n) is 1.43. The number of ether oxygens (including phenoxy) is 2. The summed E-state index contributed by atoms with van der Waals surface area (Å²) in [6.07, 6.45) is 3.77. The Morgan fingerprint density at radius 3 is 3.00 bits per heavy atom. The van der Waals surface area contributed by atoms with Crippen LogP contribution in [-0.2, 0) is 4.79 Å². The Morgan fingerprint density at radius 2 is 2.29 bits per heavy atom. The first kappa shape index (κ1) is 11.5. The number of carboxylic acids is 1. The Kier molecular flexibility index (Phi) is 2.77. The molecular formula is C12H12O5. The molecule has 1 aromatic carbocycles. The number of hydrogen-bond acceptors (Lipinski definition) is 4. The van der Waals surface area contributed by atoms with Crippen molar-refractivity contribution in [1.82, 2.24) is 0 Å². The summed E-state index contributed by atoms with van der Waals surface area (Å²) in [5.41, 5.74) is 0.888. The molecule has 1 atom stereocenters. The molecule has 0 aromatic heterocycles. The van der Waals surface area contributed by atoms with E-state index < -0.39 is 11.8 Å². The van der Waals surface area contributed by atoms with Gasteiger partial charge in [-0.05, 0) is 18.2 Å². The van der Waals surface area contributed by atoms with Gasteiger partial charge in [-0.3, -0.25) is 0 Å². The van der Waals surface area contributed by atoms with Crippen LogP contribution in [0.1, 0.15) is 12.5 Å². The first-order valence-electron chi connectivity index (χ1n) is 5.07. The van der Waals surface area contributed by atoms with Crippen molar-refractivity contribution in [3.63, 3.8) is 0 Å². The van der Waals surface area contributed by atoms with E-state index in [4.69, 9.17) is 14.6 Å². The van der Waals surface area contributed by atoms with E-state index in [2.05, 4.69) is 0 Å². The summed E-state index contributed by atoms with van der Waals surface area (Å²) < 4.78 is 10.3. The van der Waals surface area contributed by atoms with Gasteiger partial charge in [-0.1, -0.05) is 6.08 Å². The fraction of sp³-hybridized carbons (Fsp3) is 0.250. The van der Waals surface area contributed by atoms with Gasteiger partial charge < -0.3 is 19.7 Å². The minimum atomic E-state index is -2.25. The van der Waals surface area contributed by atoms with E-state index in [0.717, 1.165) is 12.5 Å². The largest absolute Gasteiger partial charge is 0.489 e. The summed E-state index contributed by atoms with van der Waals surface area (Å²) in [6, 6.07) is 4.86. The molecule has 0 amide bonds. The van der Waals surface area contributed by atoms with Crippen LogP contribution in [0.2, 0.25) is 0 Å². The third-order valence-electron chi connectivity index (χ3n) is 2.33. The predicted molar refractivity (Wildman–Crippen MR) is 59.9 cm³/mol. The maximum atomic E-state index is 10.7. The Balaban J connectivity index is 2.24. The second-order valence-corrected chi connectivity index (χ2v) is 3.80. The van der Waals surface area contributed by atoms with Gasteiger partial charge >= 0.3 is 11.8 Å². The predicted octanol–water partition coefficient (Wildman–Crippen LogP) is 1.26. The van der Waals surface area contributed by atoms with Crippen molar-refractivity contribution in [3.8, 4) is 11.5 Å². The summed E-state index contributed by atoms with van der Waals surface area (Å²) in [5, 5.41) is 18.2. The van der Waals surface area contributed by atoms with Crippen molar-refractivity contribution in [2.45, 2.75) is 12.7 Å². The third kappa shape index (κ3) is 2.39. The van der Waals surface area contributed by atoms with E-state index in [0.29, 0.717) is 12.4 Å². The SMILES string of the molecule is C[C@](O)(Oc1ccc2c(c1)OCC=C2)C(=O)O. The van der Waals surface area contributed by atoms with Gasteiger partial charge in [0.05, 0.1) is 0 Å². The molecule has 0 radical (unpaired) electrons. The highest BCUT2D eigenvalue weighted by molar-refractivity contribution is 5.75. The fourth-order valence-corrected chi connectivity index (χ4v) is 1.43. The number of hydrogen-bond donors (Lipinski definition) is 2. The first-order valence-corrected chi connectivity index (χ1v) is 5.07. The Morgan fingerprint density at radius 1 is 1.53 bits per heavy atom. The van der Waals surface area contributed by atoms with Crippen molar-refractivity contribution in [2.24, 2.45) is 0 Å². The normalized spacial score (nSPS) is 16.6. The van der Waals surface area contributed by atoms with Gasteiger partial charge in [0.25, 0.3) is 0 Å². The molecule has 2 rings (SSSR count). The van der Waals surface area contributed by atoms with Gasteiger partial charge in [-0.2, -0.15) is 0 Å². The molecule has 5 heteroatoms. The molecule has 1 aromatic rings. The summed E-state index contributed by atoms with van der Waals surface area (Å²) in [6.45, 7) is 1.53. The highest BCUT2D eigenvalue weighted by Gasteiger charge is 2.32. The van der Waals surface area contributed by atoms with Crippen LogP contribution in [0.4, 0.5) is 0 Å². The molecule has 0 fully saturated rings. The smallest absolute Gasteiger partial charge is 0.376 e. The molecule has 5 nitrogen and oxygen atoms in total. The van der Waals surface area contributed by atoms with E-state index in [1.165, 1.54) is 0 Å². The molecule has 0 spiro atoms. The molecule has 0 bridgehead atoms. The van der Waals surface area contributed by atoms with Gasteiger partial charge in [0.1, 0.15) is 18.1 Å². The lowest BCUT2D eigenvalue weighted by molar-refractivity contribution is -0.188. The second-order valence-electron chi connectivity index (χ2n) is 3.80. The molecule has 90 valence electrons. The van der Waals surface area contributed by atoms with E-state index in [1.54, 1.807) is 18.2 Å². The van der Waals surface area contributed by atoms with Crippen LogP contribution >= 0.6 is 0 Å². The molecule has 1 aliphatic rings. The summed E-state index contributed by atoms with van der Waals surface area (Å²) in [4.78, 5) is 10.7. The lowest BCUT2D eigenvalue weighted by atomic mass is 10.1. The second kappa shape index (κ2) is 4.10. The van der Waals surface area contributed by atoms with Gasteiger partial charge in [0, 0.05) is 18.6 Å². The van der Waals surface area contributed by atoms with Crippen LogP contribution in [0.3, 0.4) is 0 Å². The zero-order valence-electron chi connectivity index (χ0n) is 9.21. The van der Waals surface area contributed by atoms with Crippen LogP contribution in [-0.4, -0.2) is 28.6 Å². The van der Waals surface area contributed by atoms with Crippen LogP contribution in [0.25, 0.3) is 6.08 Å². The highest BCUT2D eigenvalue weighted by Crippen LogP contribution is 2.29. The van der Waals surface area contributed by atoms with Crippen LogP contribution in [0, 0.1) is 0 Å². The summed E-state index contributed by atoms with van der Waals surface area (Å²) >= 11 is 0. The minimum Gasteiger partial charge on any atom is -0.489 e. The molecular weight excluding hydrogens is 224 g/mol. The summed E-state index contributed by atoms with van der Waals surface area (Å²) in [7, 11) is 0. The standard InChI is InChI=1S/C12H12O5/c1-12(15,11(13)14)17-9-5-4-8-3-2-6-16-10(8)7-9/h2-5,7,15H,6H2,1H3,(H,13,14)/t12-/m0/s1. The third-order valence-corrected chi connectivity index (χ3v) is 2.33. The zero-order chi connectivity index (χ0) is 12.5. The topological polar surface area (TPSA) is 76.0 Å². The minimum absolute atomic E-state index is 0.242. The molecule has 0 aliphatic carbocycles.